The third-order valence-electron chi connectivity index (χ3n) is 2.73. The number of nitrogens with two attached hydrogens (primary N) is 2. The van der Waals surface area contributed by atoms with E-state index in [1.54, 1.807) is 6.08 Å². The molecule has 2 unspecified atom stereocenters. The van der Waals surface area contributed by atoms with Crippen LogP contribution in [0, 0.1) is 5.41 Å². The van der Waals surface area contributed by atoms with Crippen molar-refractivity contribution in [2.24, 2.45) is 16.9 Å². The maximum Gasteiger partial charge on any atom is 0.135 e. The number of hydrogen-bond acceptors (Lipinski definition) is 3. The van der Waals surface area contributed by atoms with Crippen LogP contribution in [0.3, 0.4) is 0 Å². The van der Waals surface area contributed by atoms with Crippen molar-refractivity contribution in [3.63, 3.8) is 0 Å². The van der Waals surface area contributed by atoms with Crippen LogP contribution < -0.4 is 11.5 Å². The van der Waals surface area contributed by atoms with E-state index in [4.69, 9.17) is 11.5 Å². The molecule has 0 spiro atoms. The Morgan fingerprint density at radius 2 is 2.25 bits per heavy atom. The van der Waals surface area contributed by atoms with E-state index in [9.17, 15) is 5.11 Å². The summed E-state index contributed by atoms with van der Waals surface area (Å²) in [6, 6.07) is -0.271. The Morgan fingerprint density at radius 3 is 2.75 bits per heavy atom. The molecule has 0 aliphatic heterocycles. The van der Waals surface area contributed by atoms with Crippen molar-refractivity contribution in [2.45, 2.75) is 26.3 Å². The van der Waals surface area contributed by atoms with Gasteiger partial charge in [0, 0.05) is 5.41 Å². The minimum absolute atomic E-state index is 0.105. The smallest absolute Gasteiger partial charge is 0.135 e. The van der Waals surface area contributed by atoms with Gasteiger partial charge in [-0.15, -0.1) is 0 Å². The van der Waals surface area contributed by atoms with Gasteiger partial charge in [0.25, 0.3) is 0 Å². The lowest BCUT2D eigenvalue weighted by Gasteiger charge is -2.34. The summed E-state index contributed by atoms with van der Waals surface area (Å²) in [6.07, 6.45) is 4.46. The number of aliphatic hydroxyl groups excluding tert-OH is 1. The molecule has 0 aromatic heterocycles. The molecular formula is C9H16N2O. The van der Waals surface area contributed by atoms with E-state index >= 15 is 0 Å². The van der Waals surface area contributed by atoms with Gasteiger partial charge in [0.15, 0.2) is 0 Å². The third-order valence-corrected chi connectivity index (χ3v) is 2.73. The minimum atomic E-state index is -0.271. The first-order valence-corrected chi connectivity index (χ1v) is 4.14. The van der Waals surface area contributed by atoms with Crippen molar-refractivity contribution in [1.29, 1.82) is 0 Å². The quantitative estimate of drug-likeness (QED) is 0.547. The average Bonchev–Trinajstić information content (AvgIpc) is 2.09. The zero-order valence-electron chi connectivity index (χ0n) is 7.54. The molecule has 1 aliphatic carbocycles. The summed E-state index contributed by atoms with van der Waals surface area (Å²) in [4.78, 5) is 0. The zero-order chi connectivity index (χ0) is 9.35. The van der Waals surface area contributed by atoms with E-state index in [-0.39, 0.29) is 17.2 Å². The van der Waals surface area contributed by atoms with Gasteiger partial charge in [0.2, 0.25) is 0 Å². The second kappa shape index (κ2) is 2.83. The topological polar surface area (TPSA) is 72.3 Å². The molecule has 0 aromatic carbocycles. The highest BCUT2D eigenvalue weighted by Crippen LogP contribution is 2.33. The van der Waals surface area contributed by atoms with E-state index in [0.717, 1.165) is 6.42 Å². The van der Waals surface area contributed by atoms with Crippen LogP contribution in [0.25, 0.3) is 0 Å². The summed E-state index contributed by atoms with van der Waals surface area (Å²) >= 11 is 0. The standard InChI is InChI=1S/C9H16N2O/c1-3-9(2)5-4-6(12)7(10)8(9)11/h4-5,8,12H,3,10-11H2,1-2H3. The molecule has 0 saturated heterocycles. The SMILES string of the molecule is CCC1(C)C=CC(O)=C(N)C1N. The lowest BCUT2D eigenvalue weighted by atomic mass is 9.76. The minimum Gasteiger partial charge on any atom is -0.506 e. The van der Waals surface area contributed by atoms with Crippen molar-refractivity contribution < 1.29 is 5.11 Å². The molecule has 0 aromatic rings. The van der Waals surface area contributed by atoms with Crippen LogP contribution in [0.5, 0.6) is 0 Å². The molecule has 1 aliphatic rings. The van der Waals surface area contributed by atoms with Crippen molar-refractivity contribution in [3.8, 4) is 0 Å². The van der Waals surface area contributed by atoms with E-state index in [0.29, 0.717) is 5.70 Å². The van der Waals surface area contributed by atoms with Crippen LogP contribution in [-0.2, 0) is 0 Å². The summed E-state index contributed by atoms with van der Waals surface area (Å²) in [5.41, 5.74) is 11.8. The lowest BCUT2D eigenvalue weighted by Crippen LogP contribution is -2.44. The molecule has 0 amide bonds. The molecule has 3 nitrogen and oxygen atoms in total. The third kappa shape index (κ3) is 1.20. The highest BCUT2D eigenvalue weighted by atomic mass is 16.3. The van der Waals surface area contributed by atoms with Crippen LogP contribution >= 0.6 is 0 Å². The highest BCUT2D eigenvalue weighted by Gasteiger charge is 2.32. The van der Waals surface area contributed by atoms with Gasteiger partial charge in [-0.2, -0.15) is 0 Å². The largest absolute Gasteiger partial charge is 0.506 e. The Morgan fingerprint density at radius 1 is 1.67 bits per heavy atom. The van der Waals surface area contributed by atoms with Crippen LogP contribution in [0.4, 0.5) is 0 Å². The Labute approximate surface area is 72.7 Å². The second-order valence-electron chi connectivity index (χ2n) is 3.51. The lowest BCUT2D eigenvalue weighted by molar-refractivity contribution is 0.320. The number of rotatable bonds is 1. The van der Waals surface area contributed by atoms with Crippen molar-refractivity contribution >= 4 is 0 Å². The van der Waals surface area contributed by atoms with Crippen molar-refractivity contribution in [2.75, 3.05) is 0 Å². The summed E-state index contributed by atoms with van der Waals surface area (Å²) in [5.74, 6) is 0.105. The van der Waals surface area contributed by atoms with Crippen LogP contribution in [0.15, 0.2) is 23.6 Å². The molecule has 0 fully saturated rings. The van der Waals surface area contributed by atoms with Gasteiger partial charge >= 0.3 is 0 Å². The van der Waals surface area contributed by atoms with Gasteiger partial charge in [0.1, 0.15) is 5.76 Å². The van der Waals surface area contributed by atoms with Gasteiger partial charge in [-0.05, 0) is 12.5 Å². The first-order chi connectivity index (χ1) is 5.51. The van der Waals surface area contributed by atoms with Gasteiger partial charge < -0.3 is 16.6 Å². The normalized spacial score (nSPS) is 35.8. The van der Waals surface area contributed by atoms with E-state index in [1.807, 2.05) is 13.0 Å². The molecule has 5 N–H and O–H groups in total. The van der Waals surface area contributed by atoms with Crippen molar-refractivity contribution in [1.82, 2.24) is 0 Å². The molecule has 1 rings (SSSR count). The summed E-state index contributed by atoms with van der Waals surface area (Å²) < 4.78 is 0. The number of aliphatic hydroxyl groups is 1. The van der Waals surface area contributed by atoms with Gasteiger partial charge in [-0.1, -0.05) is 19.9 Å². The molecule has 68 valence electrons. The number of hydrogen-bond donors (Lipinski definition) is 3. The predicted molar refractivity (Wildman–Crippen MR) is 49.4 cm³/mol. The summed E-state index contributed by atoms with van der Waals surface area (Å²) in [6.45, 7) is 4.09. The number of allylic oxidation sites excluding steroid dienone is 1. The maximum absolute atomic E-state index is 9.26. The molecule has 3 heteroatoms. The zero-order valence-corrected chi connectivity index (χ0v) is 7.54. The van der Waals surface area contributed by atoms with Crippen LogP contribution in [-0.4, -0.2) is 11.1 Å². The fourth-order valence-electron chi connectivity index (χ4n) is 1.32. The van der Waals surface area contributed by atoms with E-state index < -0.39 is 0 Å². The molecule has 2 atom stereocenters. The monoisotopic (exact) mass is 168 g/mol. The molecule has 0 bridgehead atoms. The summed E-state index contributed by atoms with van der Waals surface area (Å²) in [7, 11) is 0. The van der Waals surface area contributed by atoms with Crippen molar-refractivity contribution in [3.05, 3.63) is 23.6 Å². The Bertz CT molecular complexity index is 245. The fraction of sp³-hybridized carbons (Fsp3) is 0.556. The van der Waals surface area contributed by atoms with Gasteiger partial charge in [-0.25, -0.2) is 0 Å². The molecule has 0 heterocycles. The molecule has 12 heavy (non-hydrogen) atoms. The second-order valence-corrected chi connectivity index (χ2v) is 3.51. The first kappa shape index (κ1) is 9.13. The average molecular weight is 168 g/mol. The van der Waals surface area contributed by atoms with Crippen LogP contribution in [0.1, 0.15) is 20.3 Å². The van der Waals surface area contributed by atoms with Gasteiger partial charge in [0.05, 0.1) is 11.7 Å². The maximum atomic E-state index is 9.26. The fourth-order valence-corrected chi connectivity index (χ4v) is 1.32. The Balaban J connectivity index is 2.99. The highest BCUT2D eigenvalue weighted by molar-refractivity contribution is 5.31. The summed E-state index contributed by atoms with van der Waals surface area (Å²) in [5, 5.41) is 9.26. The molecule has 0 saturated carbocycles. The first-order valence-electron chi connectivity index (χ1n) is 4.14. The predicted octanol–water partition coefficient (Wildman–Crippen LogP) is 1.03. The van der Waals surface area contributed by atoms with E-state index in [1.165, 1.54) is 0 Å². The van der Waals surface area contributed by atoms with Crippen LogP contribution in [0.2, 0.25) is 0 Å². The molecule has 0 radical (unpaired) electrons. The molecular weight excluding hydrogens is 152 g/mol. The van der Waals surface area contributed by atoms with E-state index in [2.05, 4.69) is 6.92 Å². The van der Waals surface area contributed by atoms with Gasteiger partial charge in [-0.3, -0.25) is 0 Å². The Kier molecular flexibility index (Phi) is 2.15. The Hall–Kier alpha value is -0.960.